The van der Waals surface area contributed by atoms with E-state index in [1.54, 1.807) is 19.2 Å². The molecule has 0 unspecified atom stereocenters. The van der Waals surface area contributed by atoms with Crippen LogP contribution in [0.1, 0.15) is 5.69 Å². The van der Waals surface area contributed by atoms with Crippen LogP contribution in [0.2, 0.25) is 4.34 Å². The van der Waals surface area contributed by atoms with Crippen molar-refractivity contribution in [2.75, 3.05) is 14.2 Å². The van der Waals surface area contributed by atoms with Crippen molar-refractivity contribution in [1.82, 2.24) is 14.7 Å². The highest BCUT2D eigenvalue weighted by atomic mass is 35.5. The topological polar surface area (TPSA) is 38.2 Å². The van der Waals surface area contributed by atoms with Gasteiger partial charge in [0, 0.05) is 18.6 Å². The molecule has 6 heteroatoms. The van der Waals surface area contributed by atoms with E-state index in [0.717, 1.165) is 5.69 Å². The third kappa shape index (κ3) is 2.37. The molecular weight excluding hydrogens is 186 g/mol. The van der Waals surface area contributed by atoms with Gasteiger partial charge in [0.2, 0.25) is 0 Å². The van der Waals surface area contributed by atoms with E-state index in [1.807, 2.05) is 0 Å². The lowest BCUT2D eigenvalue weighted by Crippen LogP contribution is -2.16. The van der Waals surface area contributed by atoms with E-state index in [0.29, 0.717) is 10.9 Å². The van der Waals surface area contributed by atoms with Crippen LogP contribution in [-0.4, -0.2) is 28.8 Å². The zero-order chi connectivity index (χ0) is 8.27. The van der Waals surface area contributed by atoms with Crippen molar-refractivity contribution < 1.29 is 4.84 Å². The fraction of sp³-hybridized carbons (Fsp3) is 0.600. The Morgan fingerprint density at radius 2 is 2.45 bits per heavy atom. The summed E-state index contributed by atoms with van der Waals surface area (Å²) >= 11 is 6.93. The zero-order valence-electron chi connectivity index (χ0n) is 6.24. The third-order valence-corrected chi connectivity index (χ3v) is 2.18. The largest absolute Gasteiger partial charge is 0.302 e. The predicted molar refractivity (Wildman–Crippen MR) is 43.4 cm³/mol. The summed E-state index contributed by atoms with van der Waals surface area (Å²) in [6.45, 7) is 0.561. The van der Waals surface area contributed by atoms with Crippen LogP contribution in [0, 0.1) is 0 Å². The molecule has 0 N–H and O–H groups in total. The molecule has 1 aromatic heterocycles. The quantitative estimate of drug-likeness (QED) is 0.676. The fourth-order valence-corrected chi connectivity index (χ4v) is 1.18. The van der Waals surface area contributed by atoms with Crippen molar-refractivity contribution in [2.24, 2.45) is 0 Å². The van der Waals surface area contributed by atoms with E-state index in [2.05, 4.69) is 9.59 Å². The molecule has 0 bridgehead atoms. The summed E-state index contributed by atoms with van der Waals surface area (Å²) in [6.07, 6.45) is 0. The number of aromatic nitrogens is 2. The number of halogens is 1. The Hall–Kier alpha value is -0.230. The Morgan fingerprint density at radius 3 is 2.91 bits per heavy atom. The lowest BCUT2D eigenvalue weighted by molar-refractivity contribution is -0.117. The van der Waals surface area contributed by atoms with Gasteiger partial charge in [-0.25, -0.2) is 0 Å². The number of hydrogen-bond acceptors (Lipinski definition) is 5. The number of hydroxylamine groups is 2. The van der Waals surface area contributed by atoms with Gasteiger partial charge in [0.05, 0.1) is 13.7 Å². The summed E-state index contributed by atoms with van der Waals surface area (Å²) < 4.78 is 4.31. The van der Waals surface area contributed by atoms with Gasteiger partial charge in [-0.15, -0.1) is 5.10 Å². The average Bonchev–Trinajstić information content (AvgIpc) is 2.37. The molecule has 0 amide bonds. The molecule has 4 nitrogen and oxygen atoms in total. The highest BCUT2D eigenvalue weighted by molar-refractivity contribution is 7.10. The lowest BCUT2D eigenvalue weighted by Gasteiger charge is -2.10. The molecule has 0 aromatic carbocycles. The van der Waals surface area contributed by atoms with Crippen molar-refractivity contribution >= 4 is 23.1 Å². The highest BCUT2D eigenvalue weighted by Crippen LogP contribution is 2.17. The molecule has 1 rings (SSSR count). The molecule has 0 radical (unpaired) electrons. The van der Waals surface area contributed by atoms with E-state index < -0.39 is 0 Å². The molecular formula is C5H8ClN3OS. The van der Waals surface area contributed by atoms with E-state index >= 15 is 0 Å². The molecule has 62 valence electrons. The third-order valence-electron chi connectivity index (χ3n) is 1.19. The molecule has 1 aromatic rings. The van der Waals surface area contributed by atoms with Gasteiger partial charge in [-0.3, -0.25) is 0 Å². The van der Waals surface area contributed by atoms with Gasteiger partial charge >= 0.3 is 0 Å². The number of rotatable bonds is 3. The maximum Gasteiger partial charge on any atom is 0.138 e. The SMILES string of the molecule is CON(C)Cc1nnsc1Cl. The molecule has 0 saturated carbocycles. The van der Waals surface area contributed by atoms with Crippen molar-refractivity contribution in [2.45, 2.75) is 6.54 Å². The summed E-state index contributed by atoms with van der Waals surface area (Å²) in [5.74, 6) is 0. The standard InChI is InChI=1S/C5H8ClN3OS/c1-9(10-2)3-4-5(6)11-8-7-4/h3H2,1-2H3. The van der Waals surface area contributed by atoms with Gasteiger partial charge in [-0.2, -0.15) is 5.06 Å². The van der Waals surface area contributed by atoms with Gasteiger partial charge in [-0.1, -0.05) is 16.1 Å². The van der Waals surface area contributed by atoms with Crippen LogP contribution in [-0.2, 0) is 11.4 Å². The van der Waals surface area contributed by atoms with Gasteiger partial charge < -0.3 is 4.84 Å². The molecule has 1 heterocycles. The molecule has 0 spiro atoms. The van der Waals surface area contributed by atoms with Crippen molar-refractivity contribution in [3.8, 4) is 0 Å². The van der Waals surface area contributed by atoms with Crippen LogP contribution in [0.5, 0.6) is 0 Å². The van der Waals surface area contributed by atoms with E-state index in [4.69, 9.17) is 16.4 Å². The van der Waals surface area contributed by atoms with Crippen molar-refractivity contribution in [3.63, 3.8) is 0 Å². The summed E-state index contributed by atoms with van der Waals surface area (Å²) in [4.78, 5) is 4.89. The van der Waals surface area contributed by atoms with Crippen molar-refractivity contribution in [1.29, 1.82) is 0 Å². The smallest absolute Gasteiger partial charge is 0.138 e. The normalized spacial score (nSPS) is 10.9. The zero-order valence-corrected chi connectivity index (χ0v) is 7.82. The van der Waals surface area contributed by atoms with Crippen LogP contribution in [0.4, 0.5) is 0 Å². The Morgan fingerprint density at radius 1 is 1.73 bits per heavy atom. The van der Waals surface area contributed by atoms with Crippen LogP contribution in [0.3, 0.4) is 0 Å². The number of hydrogen-bond donors (Lipinski definition) is 0. The van der Waals surface area contributed by atoms with E-state index in [9.17, 15) is 0 Å². The van der Waals surface area contributed by atoms with E-state index in [-0.39, 0.29) is 0 Å². The Balaban J connectivity index is 2.56. The van der Waals surface area contributed by atoms with Gasteiger partial charge in [-0.05, 0) is 0 Å². The Kier molecular flexibility index (Phi) is 3.19. The predicted octanol–water partition coefficient (Wildman–Crippen LogP) is 1.18. The summed E-state index contributed by atoms with van der Waals surface area (Å²) in [6, 6.07) is 0. The van der Waals surface area contributed by atoms with Gasteiger partial charge in [0.1, 0.15) is 10.0 Å². The highest BCUT2D eigenvalue weighted by Gasteiger charge is 2.07. The Bertz CT molecular complexity index is 229. The molecule has 0 aliphatic heterocycles. The summed E-state index contributed by atoms with van der Waals surface area (Å²) in [5.41, 5.74) is 0.751. The molecule has 0 fully saturated rings. The van der Waals surface area contributed by atoms with Crippen LogP contribution < -0.4 is 0 Å². The first kappa shape index (κ1) is 8.86. The molecule has 0 aliphatic rings. The second-order valence-electron chi connectivity index (χ2n) is 1.96. The monoisotopic (exact) mass is 193 g/mol. The minimum absolute atomic E-state index is 0.561. The molecule has 0 aliphatic carbocycles. The average molecular weight is 194 g/mol. The van der Waals surface area contributed by atoms with Crippen LogP contribution >= 0.6 is 23.1 Å². The fourth-order valence-electron chi connectivity index (χ4n) is 0.567. The second kappa shape index (κ2) is 3.96. The summed E-state index contributed by atoms with van der Waals surface area (Å²) in [5, 5.41) is 5.45. The first-order valence-corrected chi connectivity index (χ1v) is 4.11. The minimum Gasteiger partial charge on any atom is -0.302 e. The minimum atomic E-state index is 0.561. The first-order valence-electron chi connectivity index (χ1n) is 2.96. The summed E-state index contributed by atoms with van der Waals surface area (Å²) in [7, 11) is 3.39. The van der Waals surface area contributed by atoms with Crippen LogP contribution in [0.15, 0.2) is 0 Å². The molecule has 0 atom stereocenters. The second-order valence-corrected chi connectivity index (χ2v) is 3.32. The number of nitrogens with zero attached hydrogens (tertiary/aromatic N) is 3. The first-order chi connectivity index (χ1) is 5.24. The maximum absolute atomic E-state index is 5.75. The molecule has 0 saturated heterocycles. The van der Waals surface area contributed by atoms with Gasteiger partial charge in [0.15, 0.2) is 0 Å². The molecule has 11 heavy (non-hydrogen) atoms. The van der Waals surface area contributed by atoms with E-state index in [1.165, 1.54) is 11.5 Å². The lowest BCUT2D eigenvalue weighted by atomic mass is 10.5. The van der Waals surface area contributed by atoms with Crippen molar-refractivity contribution in [3.05, 3.63) is 10.0 Å². The van der Waals surface area contributed by atoms with Crippen LogP contribution in [0.25, 0.3) is 0 Å². The maximum atomic E-state index is 5.75. The Labute approximate surface area is 73.8 Å². The van der Waals surface area contributed by atoms with Gasteiger partial charge in [0.25, 0.3) is 0 Å².